The molecule has 0 atom stereocenters. The van der Waals surface area contributed by atoms with Crippen molar-refractivity contribution in [2.45, 2.75) is 20.3 Å². The van der Waals surface area contributed by atoms with E-state index in [2.05, 4.69) is 15.0 Å². The Kier molecular flexibility index (Phi) is 6.89. The van der Waals surface area contributed by atoms with Gasteiger partial charge in [0.2, 0.25) is 5.88 Å². The summed E-state index contributed by atoms with van der Waals surface area (Å²) in [5.41, 5.74) is 2.90. The van der Waals surface area contributed by atoms with Gasteiger partial charge in [-0.2, -0.15) is 0 Å². The highest BCUT2D eigenvalue weighted by molar-refractivity contribution is 5.98. The third-order valence-corrected chi connectivity index (χ3v) is 6.31. The zero-order valence-corrected chi connectivity index (χ0v) is 21.3. The minimum Gasteiger partial charge on any atom is -0.481 e. The molecule has 0 amide bonds. The Labute approximate surface area is 222 Å². The lowest BCUT2D eigenvalue weighted by Gasteiger charge is -2.12. The largest absolute Gasteiger partial charge is 0.481 e. The number of nitrogens with one attached hydrogen (secondary N) is 1. The monoisotopic (exact) mass is 527 g/mol. The molecule has 5 aromatic rings. The zero-order valence-electron chi connectivity index (χ0n) is 21.3. The highest BCUT2D eigenvalue weighted by Crippen LogP contribution is 2.32. The topological polar surface area (TPSA) is 94.2 Å². The highest BCUT2D eigenvalue weighted by Gasteiger charge is 2.19. The molecule has 196 valence electrons. The molecule has 0 saturated carbocycles. The van der Waals surface area contributed by atoms with Crippen molar-refractivity contribution in [3.63, 3.8) is 0 Å². The predicted octanol–water partition coefficient (Wildman–Crippen LogP) is 6.11. The van der Waals surface area contributed by atoms with Crippen LogP contribution in [0.25, 0.3) is 22.2 Å². The Morgan fingerprint density at radius 2 is 1.77 bits per heavy atom. The molecule has 2 aromatic carbocycles. The minimum atomic E-state index is -0.686. The second-order valence-corrected chi connectivity index (χ2v) is 9.00. The highest BCUT2D eigenvalue weighted by atomic mass is 19.1. The molecule has 7 nitrogen and oxygen atoms in total. The molecule has 3 heterocycles. The van der Waals surface area contributed by atoms with Crippen LogP contribution in [0.4, 0.5) is 8.78 Å². The normalized spacial score (nSPS) is 11.0. The van der Waals surface area contributed by atoms with Gasteiger partial charge in [-0.05, 0) is 55.3 Å². The van der Waals surface area contributed by atoms with E-state index in [-0.39, 0.29) is 23.3 Å². The number of carbonyl (C=O) groups is 1. The van der Waals surface area contributed by atoms with Gasteiger partial charge in [-0.15, -0.1) is 0 Å². The fraction of sp³-hybridized carbons (Fsp3) is 0.133. The Morgan fingerprint density at radius 1 is 1.00 bits per heavy atom. The van der Waals surface area contributed by atoms with E-state index in [9.17, 15) is 14.0 Å². The number of pyridine rings is 3. The lowest BCUT2D eigenvalue weighted by atomic mass is 9.98. The van der Waals surface area contributed by atoms with Gasteiger partial charge in [0, 0.05) is 41.7 Å². The predicted molar refractivity (Wildman–Crippen MR) is 143 cm³/mol. The number of H-pyrrole nitrogens is 1. The lowest BCUT2D eigenvalue weighted by molar-refractivity contribution is 0.0991. The number of ether oxygens (including phenoxy) is 2. The Morgan fingerprint density at radius 3 is 2.49 bits per heavy atom. The molecule has 0 aliphatic heterocycles. The van der Waals surface area contributed by atoms with E-state index in [1.54, 1.807) is 25.1 Å². The molecule has 39 heavy (non-hydrogen) atoms. The third kappa shape index (κ3) is 5.11. The number of Topliss-reactive ketones (excluding diaryl/α,β-unsaturated/α-hetero) is 1. The molecule has 0 unspecified atom stereocenters. The van der Waals surface area contributed by atoms with Crippen LogP contribution in [0.5, 0.6) is 17.4 Å². The smallest absolute Gasteiger partial charge is 0.216 e. The van der Waals surface area contributed by atoms with Gasteiger partial charge in [-0.1, -0.05) is 18.2 Å². The molecule has 0 fully saturated rings. The Hall–Kier alpha value is -4.92. The minimum absolute atomic E-state index is 0.0631. The van der Waals surface area contributed by atoms with Crippen LogP contribution in [0, 0.1) is 25.5 Å². The third-order valence-electron chi connectivity index (χ3n) is 6.31. The maximum absolute atomic E-state index is 15.1. The summed E-state index contributed by atoms with van der Waals surface area (Å²) in [6, 6.07) is 13.0. The number of benzene rings is 2. The molecule has 3 aromatic heterocycles. The first-order chi connectivity index (χ1) is 18.7. The van der Waals surface area contributed by atoms with Gasteiger partial charge < -0.3 is 14.5 Å². The van der Waals surface area contributed by atoms with Crippen LogP contribution in [0.1, 0.15) is 27.2 Å². The van der Waals surface area contributed by atoms with E-state index < -0.39 is 22.8 Å². The van der Waals surface area contributed by atoms with Crippen LogP contribution in [0.15, 0.2) is 71.8 Å². The molecular weight excluding hydrogens is 504 g/mol. The number of aromatic nitrogens is 3. The summed E-state index contributed by atoms with van der Waals surface area (Å²) >= 11 is 0. The van der Waals surface area contributed by atoms with Gasteiger partial charge in [0.05, 0.1) is 18.2 Å². The van der Waals surface area contributed by atoms with Crippen LogP contribution in [-0.2, 0) is 6.42 Å². The number of hydrogen-bond acceptors (Lipinski definition) is 6. The lowest BCUT2D eigenvalue weighted by Crippen LogP contribution is -2.20. The van der Waals surface area contributed by atoms with Gasteiger partial charge in [0.15, 0.2) is 28.5 Å². The maximum Gasteiger partial charge on any atom is 0.216 e. The fourth-order valence-corrected chi connectivity index (χ4v) is 4.35. The van der Waals surface area contributed by atoms with Crippen LogP contribution in [0.3, 0.4) is 0 Å². The summed E-state index contributed by atoms with van der Waals surface area (Å²) in [7, 11) is 1.51. The maximum atomic E-state index is 15.1. The summed E-state index contributed by atoms with van der Waals surface area (Å²) < 4.78 is 39.5. The Balaban J connectivity index is 1.40. The van der Waals surface area contributed by atoms with E-state index in [4.69, 9.17) is 9.47 Å². The van der Waals surface area contributed by atoms with E-state index in [0.717, 1.165) is 5.56 Å². The van der Waals surface area contributed by atoms with Crippen LogP contribution < -0.4 is 14.9 Å². The van der Waals surface area contributed by atoms with Crippen molar-refractivity contribution < 1.29 is 23.0 Å². The summed E-state index contributed by atoms with van der Waals surface area (Å²) in [6.07, 6.45) is 2.68. The average Bonchev–Trinajstić information content (AvgIpc) is 2.91. The van der Waals surface area contributed by atoms with E-state index in [1.165, 1.54) is 55.9 Å². The van der Waals surface area contributed by atoms with Crippen LogP contribution in [0.2, 0.25) is 0 Å². The van der Waals surface area contributed by atoms with Crippen molar-refractivity contribution in [2.75, 3.05) is 7.11 Å². The number of rotatable bonds is 7. The molecule has 0 bridgehead atoms. The van der Waals surface area contributed by atoms with Crippen molar-refractivity contribution in [2.24, 2.45) is 0 Å². The number of aromatic amines is 1. The van der Waals surface area contributed by atoms with Crippen LogP contribution >= 0.6 is 0 Å². The van der Waals surface area contributed by atoms with Gasteiger partial charge in [0.25, 0.3) is 0 Å². The average molecular weight is 528 g/mol. The van der Waals surface area contributed by atoms with E-state index in [0.29, 0.717) is 39.5 Å². The fourth-order valence-electron chi connectivity index (χ4n) is 4.35. The standard InChI is InChI=1S/C30H23F2N3O4/c1-16-12-23-28(35-30(16)38-3)26(10-11-33-23)39-25-9-4-18(13-22(25)32)14-24(36)21-15-34-17(2)27(29(21)37)19-5-7-20(31)8-6-19/h4-13,15H,14H2,1-3H3,(H,34,37). The summed E-state index contributed by atoms with van der Waals surface area (Å²) in [4.78, 5) is 37.9. The summed E-state index contributed by atoms with van der Waals surface area (Å²) in [6.45, 7) is 3.54. The van der Waals surface area contributed by atoms with Gasteiger partial charge in [-0.25, -0.2) is 13.8 Å². The molecule has 5 rings (SSSR count). The van der Waals surface area contributed by atoms with Crippen molar-refractivity contribution in [3.8, 4) is 28.5 Å². The first-order valence-corrected chi connectivity index (χ1v) is 12.0. The SMILES string of the molecule is COc1nc2c(Oc3ccc(CC(=O)c4c[nH]c(C)c(-c5ccc(F)cc5)c4=O)cc3F)ccnc2cc1C. The van der Waals surface area contributed by atoms with Crippen molar-refractivity contribution in [3.05, 3.63) is 111 Å². The first kappa shape index (κ1) is 25.7. The molecule has 0 aliphatic carbocycles. The van der Waals surface area contributed by atoms with Gasteiger partial charge >= 0.3 is 0 Å². The quantitative estimate of drug-likeness (QED) is 0.257. The molecular formula is C30H23F2N3O4. The van der Waals surface area contributed by atoms with Crippen LogP contribution in [-0.4, -0.2) is 27.8 Å². The molecule has 0 spiro atoms. The van der Waals surface area contributed by atoms with Crippen molar-refractivity contribution >= 4 is 16.8 Å². The summed E-state index contributed by atoms with van der Waals surface area (Å²) in [5, 5.41) is 0. The molecule has 1 N–H and O–H groups in total. The number of methoxy groups -OCH3 is 1. The summed E-state index contributed by atoms with van der Waals surface area (Å²) in [5.74, 6) is -0.970. The number of aryl methyl sites for hydroxylation is 2. The molecule has 9 heteroatoms. The molecule has 0 radical (unpaired) electrons. The van der Waals surface area contributed by atoms with Crippen molar-refractivity contribution in [1.29, 1.82) is 0 Å². The number of fused-ring (bicyclic) bond motifs is 1. The van der Waals surface area contributed by atoms with Crippen molar-refractivity contribution in [1.82, 2.24) is 15.0 Å². The van der Waals surface area contributed by atoms with E-state index in [1.807, 2.05) is 6.92 Å². The molecule has 0 saturated heterocycles. The van der Waals surface area contributed by atoms with Gasteiger partial charge in [-0.3, -0.25) is 14.6 Å². The van der Waals surface area contributed by atoms with E-state index >= 15 is 4.39 Å². The number of hydrogen-bond donors (Lipinski definition) is 1. The zero-order chi connectivity index (χ0) is 27.7. The number of ketones is 1. The number of nitrogens with zero attached hydrogens (tertiary/aromatic N) is 2. The second kappa shape index (κ2) is 10.4. The van der Waals surface area contributed by atoms with Gasteiger partial charge in [0.1, 0.15) is 11.3 Å². The Bertz CT molecular complexity index is 1780. The molecule has 0 aliphatic rings. The number of carbonyl (C=O) groups excluding carboxylic acids is 1. The number of halogens is 2. The second-order valence-electron chi connectivity index (χ2n) is 9.00. The first-order valence-electron chi connectivity index (χ1n) is 12.0.